The third kappa shape index (κ3) is 2.91. The number of benzene rings is 1. The van der Waals surface area contributed by atoms with Crippen LogP contribution in [0.2, 0.25) is 0 Å². The van der Waals surface area contributed by atoms with Crippen LogP contribution in [-0.2, 0) is 0 Å². The lowest BCUT2D eigenvalue weighted by Crippen LogP contribution is -2.38. The lowest BCUT2D eigenvalue weighted by atomic mass is 10.1. The number of amides is 1. The average molecular weight is 352 g/mol. The molecule has 20 heavy (non-hydrogen) atoms. The van der Waals surface area contributed by atoms with E-state index in [-0.39, 0.29) is 5.91 Å². The molecule has 1 fully saturated rings. The molecule has 0 unspecified atom stereocenters. The third-order valence-corrected chi connectivity index (χ3v) is 4.72. The lowest BCUT2D eigenvalue weighted by molar-refractivity contribution is 0.0766. The van der Waals surface area contributed by atoms with Crippen LogP contribution < -0.4 is 0 Å². The van der Waals surface area contributed by atoms with Crippen LogP contribution in [0, 0.1) is 0 Å². The molecule has 1 saturated heterocycles. The molecule has 0 atom stereocenters. The van der Waals surface area contributed by atoms with Crippen molar-refractivity contribution in [3.05, 3.63) is 40.5 Å². The van der Waals surface area contributed by atoms with Gasteiger partial charge in [-0.25, -0.2) is 0 Å². The van der Waals surface area contributed by atoms with Gasteiger partial charge in [-0.3, -0.25) is 9.89 Å². The number of nitrogens with zero attached hydrogens (tertiary/aromatic N) is 2. The van der Waals surface area contributed by atoms with Crippen molar-refractivity contribution in [2.45, 2.75) is 0 Å². The van der Waals surface area contributed by atoms with Gasteiger partial charge in [-0.15, -0.1) is 0 Å². The number of thioether (sulfide) groups is 1. The van der Waals surface area contributed by atoms with Gasteiger partial charge in [0.15, 0.2) is 0 Å². The van der Waals surface area contributed by atoms with Gasteiger partial charge < -0.3 is 4.90 Å². The first-order chi connectivity index (χ1) is 9.74. The zero-order valence-corrected chi connectivity index (χ0v) is 13.2. The molecule has 1 aromatic heterocycles. The number of aromatic amines is 1. The Morgan fingerprint density at radius 3 is 2.65 bits per heavy atom. The first-order valence-electron chi connectivity index (χ1n) is 6.42. The molecule has 2 aromatic rings. The summed E-state index contributed by atoms with van der Waals surface area (Å²) >= 11 is 5.30. The zero-order chi connectivity index (χ0) is 13.9. The summed E-state index contributed by atoms with van der Waals surface area (Å²) in [7, 11) is 0. The van der Waals surface area contributed by atoms with E-state index in [1.165, 1.54) is 0 Å². The van der Waals surface area contributed by atoms with E-state index in [9.17, 15) is 4.79 Å². The van der Waals surface area contributed by atoms with Crippen LogP contribution in [0.1, 0.15) is 10.5 Å². The second-order valence-corrected chi connectivity index (χ2v) is 6.72. The predicted octanol–water partition coefficient (Wildman–Crippen LogP) is 3.03. The maximum atomic E-state index is 12.3. The minimum absolute atomic E-state index is 0.0427. The molecular formula is C14H14BrN3OS. The highest BCUT2D eigenvalue weighted by atomic mass is 79.9. The first kappa shape index (κ1) is 13.7. The average Bonchev–Trinajstić information content (AvgIpc) is 2.98. The standard InChI is InChI=1S/C14H14BrN3OS/c15-11-3-1-10(2-4-11)12-9-13(17-16-12)14(19)18-5-7-20-8-6-18/h1-4,9H,5-8H2,(H,16,17). The van der Waals surface area contributed by atoms with Gasteiger partial charge in [0.25, 0.3) is 5.91 Å². The van der Waals surface area contributed by atoms with Crippen molar-refractivity contribution in [2.75, 3.05) is 24.6 Å². The molecule has 4 nitrogen and oxygen atoms in total. The SMILES string of the molecule is O=C(c1cc(-c2ccc(Br)cc2)n[nH]1)N1CCSCC1. The van der Waals surface area contributed by atoms with Crippen molar-refractivity contribution >= 4 is 33.6 Å². The van der Waals surface area contributed by atoms with Crippen molar-refractivity contribution < 1.29 is 4.79 Å². The fourth-order valence-corrected chi connectivity index (χ4v) is 3.30. The second-order valence-electron chi connectivity index (χ2n) is 4.58. The Morgan fingerprint density at radius 1 is 1.25 bits per heavy atom. The molecule has 0 aliphatic carbocycles. The summed E-state index contributed by atoms with van der Waals surface area (Å²) in [6.45, 7) is 1.63. The summed E-state index contributed by atoms with van der Waals surface area (Å²) < 4.78 is 1.03. The van der Waals surface area contributed by atoms with Crippen molar-refractivity contribution in [3.63, 3.8) is 0 Å². The lowest BCUT2D eigenvalue weighted by Gasteiger charge is -2.25. The molecule has 0 bridgehead atoms. The fraction of sp³-hybridized carbons (Fsp3) is 0.286. The Labute approximate surface area is 130 Å². The van der Waals surface area contributed by atoms with E-state index < -0.39 is 0 Å². The Bertz CT molecular complexity index is 605. The number of carbonyl (C=O) groups excluding carboxylic acids is 1. The quantitative estimate of drug-likeness (QED) is 0.904. The maximum Gasteiger partial charge on any atom is 0.271 e. The summed E-state index contributed by atoms with van der Waals surface area (Å²) in [4.78, 5) is 14.2. The molecule has 2 heterocycles. The van der Waals surface area contributed by atoms with Crippen LogP contribution in [0.4, 0.5) is 0 Å². The molecule has 6 heteroatoms. The van der Waals surface area contributed by atoms with Crippen LogP contribution in [0.15, 0.2) is 34.8 Å². The summed E-state index contributed by atoms with van der Waals surface area (Å²) in [6, 6.07) is 9.71. The van der Waals surface area contributed by atoms with Crippen molar-refractivity contribution in [1.29, 1.82) is 0 Å². The number of hydrogen-bond acceptors (Lipinski definition) is 3. The van der Waals surface area contributed by atoms with E-state index in [2.05, 4.69) is 26.1 Å². The molecule has 1 aliphatic heterocycles. The molecule has 1 aliphatic rings. The smallest absolute Gasteiger partial charge is 0.271 e. The molecule has 0 spiro atoms. The fourth-order valence-electron chi connectivity index (χ4n) is 2.14. The number of aromatic nitrogens is 2. The Balaban J connectivity index is 1.79. The summed E-state index contributed by atoms with van der Waals surface area (Å²) in [5, 5.41) is 7.10. The number of H-pyrrole nitrogens is 1. The Morgan fingerprint density at radius 2 is 1.95 bits per heavy atom. The molecule has 0 radical (unpaired) electrons. The largest absolute Gasteiger partial charge is 0.336 e. The molecule has 3 rings (SSSR count). The van der Waals surface area contributed by atoms with E-state index >= 15 is 0 Å². The van der Waals surface area contributed by atoms with Crippen LogP contribution in [0.3, 0.4) is 0 Å². The molecule has 1 aromatic carbocycles. The number of nitrogens with one attached hydrogen (secondary N) is 1. The maximum absolute atomic E-state index is 12.3. The summed E-state index contributed by atoms with van der Waals surface area (Å²) in [5.41, 5.74) is 2.36. The predicted molar refractivity (Wildman–Crippen MR) is 85.0 cm³/mol. The van der Waals surface area contributed by atoms with Gasteiger partial charge in [-0.1, -0.05) is 28.1 Å². The van der Waals surface area contributed by atoms with Gasteiger partial charge in [0.05, 0.1) is 5.69 Å². The second kappa shape index (κ2) is 6.01. The van der Waals surface area contributed by atoms with Gasteiger partial charge in [0.2, 0.25) is 0 Å². The molecule has 1 N–H and O–H groups in total. The molecule has 0 saturated carbocycles. The van der Waals surface area contributed by atoms with E-state index in [1.807, 2.05) is 47.0 Å². The van der Waals surface area contributed by atoms with Crippen LogP contribution in [-0.4, -0.2) is 45.6 Å². The van der Waals surface area contributed by atoms with E-state index in [4.69, 9.17) is 0 Å². The summed E-state index contributed by atoms with van der Waals surface area (Å²) in [6.07, 6.45) is 0. The van der Waals surface area contributed by atoms with Crippen LogP contribution in [0.25, 0.3) is 11.3 Å². The monoisotopic (exact) mass is 351 g/mol. The van der Waals surface area contributed by atoms with Gasteiger partial charge in [0, 0.05) is 34.6 Å². The minimum atomic E-state index is 0.0427. The zero-order valence-electron chi connectivity index (χ0n) is 10.8. The highest BCUT2D eigenvalue weighted by Gasteiger charge is 2.20. The topological polar surface area (TPSA) is 49.0 Å². The Kier molecular flexibility index (Phi) is 4.12. The van der Waals surface area contributed by atoms with Crippen molar-refractivity contribution in [1.82, 2.24) is 15.1 Å². The third-order valence-electron chi connectivity index (χ3n) is 3.25. The number of halogens is 1. The van der Waals surface area contributed by atoms with Crippen LogP contribution >= 0.6 is 27.7 Å². The van der Waals surface area contributed by atoms with Gasteiger partial charge in [-0.2, -0.15) is 16.9 Å². The molecule has 104 valence electrons. The minimum Gasteiger partial charge on any atom is -0.336 e. The van der Waals surface area contributed by atoms with Crippen molar-refractivity contribution in [3.8, 4) is 11.3 Å². The van der Waals surface area contributed by atoms with Crippen molar-refractivity contribution in [2.24, 2.45) is 0 Å². The molecular weight excluding hydrogens is 338 g/mol. The normalized spacial score (nSPS) is 15.3. The number of rotatable bonds is 2. The highest BCUT2D eigenvalue weighted by molar-refractivity contribution is 9.10. The number of hydrogen-bond donors (Lipinski definition) is 1. The first-order valence-corrected chi connectivity index (χ1v) is 8.37. The summed E-state index contributed by atoms with van der Waals surface area (Å²) in [5.74, 6) is 2.07. The van der Waals surface area contributed by atoms with E-state index in [0.29, 0.717) is 5.69 Å². The van der Waals surface area contributed by atoms with Gasteiger partial charge in [0.1, 0.15) is 5.69 Å². The van der Waals surface area contributed by atoms with Gasteiger partial charge >= 0.3 is 0 Å². The Hall–Kier alpha value is -1.27. The van der Waals surface area contributed by atoms with Crippen LogP contribution in [0.5, 0.6) is 0 Å². The number of carbonyl (C=O) groups is 1. The highest BCUT2D eigenvalue weighted by Crippen LogP contribution is 2.21. The van der Waals surface area contributed by atoms with Gasteiger partial charge in [-0.05, 0) is 18.2 Å². The van der Waals surface area contributed by atoms with E-state index in [1.54, 1.807) is 0 Å². The van der Waals surface area contributed by atoms with E-state index in [0.717, 1.165) is 40.3 Å². The molecule has 1 amide bonds.